The summed E-state index contributed by atoms with van der Waals surface area (Å²) in [7, 11) is 0. The number of halogens is 2. The van der Waals surface area contributed by atoms with Gasteiger partial charge in [-0.15, -0.1) is 10.2 Å². The van der Waals surface area contributed by atoms with Gasteiger partial charge in [0.1, 0.15) is 12.4 Å². The number of rotatable bonds is 3. The molecule has 5 nitrogen and oxygen atoms in total. The first-order valence-corrected chi connectivity index (χ1v) is 6.61. The van der Waals surface area contributed by atoms with Crippen LogP contribution in [0.3, 0.4) is 0 Å². The zero-order valence-electron chi connectivity index (χ0n) is 9.77. The standard InChI is InChI=1S/C11H10F2N4OS/c12-7-1-2-9(8(13)5-7)18-6-10-15-16-11-17(10)14-3-4-19-11/h1-2,5,14H,3-4,6H2. The first kappa shape index (κ1) is 12.2. The number of fused-ring (bicyclic) bond motifs is 1. The van der Waals surface area contributed by atoms with Gasteiger partial charge in [0.15, 0.2) is 17.4 Å². The maximum absolute atomic E-state index is 13.4. The number of nitrogens with one attached hydrogen (secondary N) is 1. The molecule has 19 heavy (non-hydrogen) atoms. The molecular weight excluding hydrogens is 274 g/mol. The lowest BCUT2D eigenvalue weighted by Crippen LogP contribution is -2.25. The average Bonchev–Trinajstić information content (AvgIpc) is 2.81. The summed E-state index contributed by atoms with van der Waals surface area (Å²) >= 11 is 1.58. The molecule has 100 valence electrons. The molecule has 0 atom stereocenters. The molecule has 2 heterocycles. The van der Waals surface area contributed by atoms with Crippen molar-refractivity contribution in [2.24, 2.45) is 0 Å². The van der Waals surface area contributed by atoms with Gasteiger partial charge in [0, 0.05) is 18.4 Å². The van der Waals surface area contributed by atoms with E-state index in [0.717, 1.165) is 29.6 Å². The van der Waals surface area contributed by atoms with E-state index in [2.05, 4.69) is 15.6 Å². The van der Waals surface area contributed by atoms with E-state index in [1.165, 1.54) is 6.07 Å². The predicted molar refractivity (Wildman–Crippen MR) is 65.7 cm³/mol. The number of hydrogen-bond donors (Lipinski definition) is 1. The zero-order valence-corrected chi connectivity index (χ0v) is 10.6. The molecule has 3 rings (SSSR count). The zero-order chi connectivity index (χ0) is 13.2. The summed E-state index contributed by atoms with van der Waals surface area (Å²) in [5, 5.41) is 8.71. The van der Waals surface area contributed by atoms with Crippen LogP contribution in [0.2, 0.25) is 0 Å². The van der Waals surface area contributed by atoms with Gasteiger partial charge in [0.25, 0.3) is 0 Å². The van der Waals surface area contributed by atoms with Gasteiger partial charge in [-0.25, -0.2) is 13.5 Å². The molecule has 0 bridgehead atoms. The van der Waals surface area contributed by atoms with Crippen molar-refractivity contribution in [3.8, 4) is 5.75 Å². The SMILES string of the molecule is Fc1ccc(OCc2nnc3n2NCCS3)c(F)c1. The van der Waals surface area contributed by atoms with Gasteiger partial charge in [0.2, 0.25) is 5.16 Å². The second-order valence-corrected chi connectivity index (χ2v) is 4.92. The van der Waals surface area contributed by atoms with Crippen molar-refractivity contribution in [2.45, 2.75) is 11.8 Å². The van der Waals surface area contributed by atoms with E-state index < -0.39 is 11.6 Å². The summed E-state index contributed by atoms with van der Waals surface area (Å²) in [6.07, 6.45) is 0. The molecule has 0 fully saturated rings. The van der Waals surface area contributed by atoms with Crippen LogP contribution in [0.5, 0.6) is 5.75 Å². The molecule has 2 aromatic rings. The van der Waals surface area contributed by atoms with Gasteiger partial charge < -0.3 is 10.2 Å². The molecule has 1 N–H and O–H groups in total. The first-order valence-electron chi connectivity index (χ1n) is 5.63. The van der Waals surface area contributed by atoms with Crippen molar-refractivity contribution in [3.05, 3.63) is 35.7 Å². The Kier molecular flexibility index (Phi) is 3.24. The first-order chi connectivity index (χ1) is 9.24. The van der Waals surface area contributed by atoms with E-state index in [4.69, 9.17) is 4.74 Å². The van der Waals surface area contributed by atoms with Gasteiger partial charge in [-0.2, -0.15) is 0 Å². The van der Waals surface area contributed by atoms with E-state index in [9.17, 15) is 8.78 Å². The number of ether oxygens (including phenoxy) is 1. The molecule has 0 saturated carbocycles. The van der Waals surface area contributed by atoms with Crippen LogP contribution < -0.4 is 10.2 Å². The van der Waals surface area contributed by atoms with Crippen molar-refractivity contribution >= 4 is 11.8 Å². The Hall–Kier alpha value is -1.83. The molecule has 1 aliphatic rings. The lowest BCUT2D eigenvalue weighted by molar-refractivity contribution is 0.275. The minimum atomic E-state index is -0.735. The second kappa shape index (κ2) is 5.04. The Balaban J connectivity index is 1.74. The largest absolute Gasteiger partial charge is 0.482 e. The summed E-state index contributed by atoms with van der Waals surface area (Å²) in [4.78, 5) is 0. The van der Waals surface area contributed by atoms with Gasteiger partial charge in [0.05, 0.1) is 0 Å². The molecular formula is C11H10F2N4OS. The summed E-state index contributed by atoms with van der Waals surface area (Å²) in [5.41, 5.74) is 3.11. The van der Waals surface area contributed by atoms with Crippen LogP contribution in [0.1, 0.15) is 5.82 Å². The number of nitrogens with zero attached hydrogens (tertiary/aromatic N) is 3. The van der Waals surface area contributed by atoms with Crippen LogP contribution >= 0.6 is 11.8 Å². The highest BCUT2D eigenvalue weighted by Crippen LogP contribution is 2.21. The molecule has 0 unspecified atom stereocenters. The van der Waals surface area contributed by atoms with Crippen molar-refractivity contribution in [1.29, 1.82) is 0 Å². The Bertz CT molecular complexity index is 604. The van der Waals surface area contributed by atoms with Crippen LogP contribution in [0.25, 0.3) is 0 Å². The minimum absolute atomic E-state index is 0.0118. The molecule has 0 radical (unpaired) electrons. The third-order valence-corrected chi connectivity index (χ3v) is 3.48. The maximum Gasteiger partial charge on any atom is 0.210 e. The molecule has 0 amide bonds. The summed E-state index contributed by atoms with van der Waals surface area (Å²) in [6.45, 7) is 0.858. The summed E-state index contributed by atoms with van der Waals surface area (Å²) in [5.74, 6) is 0.0857. The fourth-order valence-electron chi connectivity index (χ4n) is 1.68. The van der Waals surface area contributed by atoms with Crippen LogP contribution in [-0.4, -0.2) is 27.2 Å². The summed E-state index contributed by atoms with van der Waals surface area (Å²) in [6, 6.07) is 3.18. The highest BCUT2D eigenvalue weighted by atomic mass is 32.2. The fourth-order valence-corrected chi connectivity index (χ4v) is 2.45. The lowest BCUT2D eigenvalue weighted by atomic mass is 10.3. The smallest absolute Gasteiger partial charge is 0.210 e. The Morgan fingerprint density at radius 1 is 1.37 bits per heavy atom. The van der Waals surface area contributed by atoms with Crippen LogP contribution in [0, 0.1) is 11.6 Å². The van der Waals surface area contributed by atoms with Crippen LogP contribution in [0.4, 0.5) is 8.78 Å². The van der Waals surface area contributed by atoms with E-state index in [0.29, 0.717) is 5.82 Å². The number of thioether (sulfide) groups is 1. The minimum Gasteiger partial charge on any atom is -0.482 e. The molecule has 0 aliphatic carbocycles. The summed E-state index contributed by atoms with van der Waals surface area (Å²) < 4.78 is 33.1. The van der Waals surface area contributed by atoms with Crippen molar-refractivity contribution < 1.29 is 13.5 Å². The van der Waals surface area contributed by atoms with E-state index in [-0.39, 0.29) is 12.4 Å². The van der Waals surface area contributed by atoms with Crippen LogP contribution in [-0.2, 0) is 6.61 Å². The molecule has 1 aliphatic heterocycles. The lowest BCUT2D eigenvalue weighted by Gasteiger charge is -2.16. The normalized spacial score (nSPS) is 13.8. The van der Waals surface area contributed by atoms with Gasteiger partial charge in [-0.05, 0) is 12.1 Å². The third kappa shape index (κ3) is 2.48. The highest BCUT2D eigenvalue weighted by Gasteiger charge is 2.16. The van der Waals surface area contributed by atoms with E-state index in [1.807, 2.05) is 0 Å². The van der Waals surface area contributed by atoms with Crippen molar-refractivity contribution in [3.63, 3.8) is 0 Å². The quantitative estimate of drug-likeness (QED) is 0.931. The molecule has 0 saturated heterocycles. The Morgan fingerprint density at radius 3 is 3.11 bits per heavy atom. The molecule has 0 spiro atoms. The highest BCUT2D eigenvalue weighted by molar-refractivity contribution is 7.99. The van der Waals surface area contributed by atoms with Crippen LogP contribution in [0.15, 0.2) is 23.4 Å². The van der Waals surface area contributed by atoms with E-state index in [1.54, 1.807) is 16.4 Å². The van der Waals surface area contributed by atoms with Gasteiger partial charge in [-0.3, -0.25) is 0 Å². The predicted octanol–water partition coefficient (Wildman–Crippen LogP) is 1.78. The fraction of sp³-hybridized carbons (Fsp3) is 0.273. The second-order valence-electron chi connectivity index (χ2n) is 3.85. The topological polar surface area (TPSA) is 52.0 Å². The number of aromatic nitrogens is 3. The van der Waals surface area contributed by atoms with Crippen molar-refractivity contribution in [2.75, 3.05) is 17.7 Å². The molecule has 8 heteroatoms. The maximum atomic E-state index is 13.4. The third-order valence-electron chi connectivity index (χ3n) is 2.55. The van der Waals surface area contributed by atoms with Gasteiger partial charge in [-0.1, -0.05) is 11.8 Å². The van der Waals surface area contributed by atoms with E-state index >= 15 is 0 Å². The Morgan fingerprint density at radius 2 is 2.26 bits per heavy atom. The molecule has 1 aromatic heterocycles. The number of benzene rings is 1. The van der Waals surface area contributed by atoms with Crippen molar-refractivity contribution in [1.82, 2.24) is 14.9 Å². The monoisotopic (exact) mass is 284 g/mol. The Labute approximate surface area is 111 Å². The average molecular weight is 284 g/mol. The van der Waals surface area contributed by atoms with Gasteiger partial charge >= 0.3 is 0 Å². The number of hydrogen-bond acceptors (Lipinski definition) is 5. The molecule has 1 aromatic carbocycles.